The third kappa shape index (κ3) is 11.7. The van der Waals surface area contributed by atoms with Crippen LogP contribution in [-0.2, 0) is 25.2 Å². The highest BCUT2D eigenvalue weighted by molar-refractivity contribution is 6.09. The van der Waals surface area contributed by atoms with Crippen LogP contribution in [0.4, 0.5) is 17.1 Å². The number of phenols is 1. The predicted octanol–water partition coefficient (Wildman–Crippen LogP) is 11.1. The second kappa shape index (κ2) is 22.3. The number of amidine groups is 2. The first-order chi connectivity index (χ1) is 34.8. The van der Waals surface area contributed by atoms with Crippen molar-refractivity contribution in [3.63, 3.8) is 0 Å². The zero-order valence-electron chi connectivity index (χ0n) is 42.1. The van der Waals surface area contributed by atoms with Crippen molar-refractivity contribution in [1.29, 1.82) is 10.8 Å². The fourth-order valence-electron chi connectivity index (χ4n) is 9.88. The number of phenolic OH excluding ortho intramolecular Hbond substituents is 1. The number of aromatic hydroxyl groups is 1. The number of nitrogens with zero attached hydrogens (tertiary/aromatic N) is 2. The number of carboxylic acids is 2. The van der Waals surface area contributed by atoms with Gasteiger partial charge in [0.05, 0.1) is 11.1 Å². The highest BCUT2D eigenvalue weighted by Crippen LogP contribution is 2.48. The van der Waals surface area contributed by atoms with Crippen LogP contribution in [0.5, 0.6) is 5.75 Å². The Kier molecular flexibility index (Phi) is 16.0. The Morgan fingerprint density at radius 1 is 0.726 bits per heavy atom. The summed E-state index contributed by atoms with van der Waals surface area (Å²) in [5.74, 6) is -2.16. The molecule has 0 fully saturated rings. The summed E-state index contributed by atoms with van der Waals surface area (Å²) in [6.07, 6.45) is 13.9. The maximum Gasteiger partial charge on any atom is 0.303 e. The minimum atomic E-state index is -0.962. The molecule has 0 saturated carbocycles. The molecule has 8 rings (SSSR count). The Labute approximate surface area is 426 Å². The fourth-order valence-corrected chi connectivity index (χ4v) is 9.88. The molecule has 2 aliphatic heterocycles. The SMILES string of the molecule is C[N+]1=C(/C=C/C=C/C=C2\N(CCCCCC(=O)O)c3ccccc3C2(C)C)C(C)(C)c2ccccc21.N=C(N)c1ccc(-c2[nH]c3cc(C(=N)N)ccc3c2-c2cc(NC(=O)CCCC(=O)O)ccc2O)cc1. The number of amides is 1. The number of carboxylic acid groups (broad SMARTS) is 2. The highest BCUT2D eigenvalue weighted by Gasteiger charge is 2.42. The summed E-state index contributed by atoms with van der Waals surface area (Å²) >= 11 is 0. The van der Waals surface area contributed by atoms with E-state index in [1.807, 2.05) is 18.2 Å². The number of hydrogen-bond donors (Lipinski definition) is 9. The number of hydrogen-bond acceptors (Lipinski definition) is 7. The van der Waals surface area contributed by atoms with Gasteiger partial charge in [-0.25, -0.2) is 0 Å². The van der Waals surface area contributed by atoms with Crippen molar-refractivity contribution in [3.05, 3.63) is 168 Å². The summed E-state index contributed by atoms with van der Waals surface area (Å²) in [6, 6.07) is 34.3. The standard InChI is InChI=1S/C32H38N2O2.C27H26N6O4/c1-31(2)24-16-11-13-18-26(24)33(5)28(31)20-8-6-9-21-29-32(3,4)25-17-12-14-19-27(25)34(29)23-15-7-10-22-30(35)36;28-26(29)15-6-4-14(5-7-15)25-24(18-10-8-16(27(30)31)12-20(18)33-25)19-13-17(9-11-21(19)34)32-22(35)2-1-3-23(36)37/h6,8-9,11-14,16-21H,7,10,15,22-23H2,1-5H3;4-13,33-34H,1-3H2,(H3,28,29)(H3,30,31)(H,32,35)(H,36,37)/p+1. The summed E-state index contributed by atoms with van der Waals surface area (Å²) in [7, 11) is 2.14. The number of unbranched alkanes of at least 4 members (excludes halogenated alkanes) is 2. The normalized spacial score (nSPS) is 14.9. The molecule has 11 N–H and O–H groups in total. The number of H-pyrrole nitrogens is 1. The smallest absolute Gasteiger partial charge is 0.303 e. The molecular weight excluding hydrogens is 917 g/mol. The van der Waals surface area contributed by atoms with Gasteiger partial charge < -0.3 is 42.0 Å². The largest absolute Gasteiger partial charge is 0.507 e. The van der Waals surface area contributed by atoms with Crippen LogP contribution in [0.1, 0.15) is 94.9 Å². The predicted molar refractivity (Wildman–Crippen MR) is 293 cm³/mol. The minimum Gasteiger partial charge on any atom is -0.507 e. The van der Waals surface area contributed by atoms with Crippen molar-refractivity contribution in [3.8, 4) is 28.1 Å². The first-order valence-electron chi connectivity index (χ1n) is 24.4. The second-order valence-corrected chi connectivity index (χ2v) is 19.4. The van der Waals surface area contributed by atoms with E-state index >= 15 is 0 Å². The van der Waals surface area contributed by atoms with Crippen molar-refractivity contribution in [1.82, 2.24) is 4.98 Å². The fraction of sp³-hybridized carbons (Fsp3) is 0.254. The van der Waals surface area contributed by atoms with Gasteiger partial charge in [0, 0.05) is 99.2 Å². The number of rotatable bonds is 18. The number of carbonyl (C=O) groups excluding carboxylic acids is 1. The van der Waals surface area contributed by atoms with E-state index in [1.54, 1.807) is 36.4 Å². The summed E-state index contributed by atoms with van der Waals surface area (Å²) in [4.78, 5) is 39.7. The number of carbonyl (C=O) groups is 3. The van der Waals surface area contributed by atoms with Gasteiger partial charge in [-0.1, -0.05) is 111 Å². The van der Waals surface area contributed by atoms with E-state index in [4.69, 9.17) is 32.5 Å². The zero-order chi connectivity index (χ0) is 52.6. The molecule has 6 aromatic rings. The van der Waals surface area contributed by atoms with Crippen molar-refractivity contribution < 1.29 is 34.3 Å². The van der Waals surface area contributed by atoms with E-state index in [2.05, 4.69) is 133 Å². The highest BCUT2D eigenvalue weighted by atomic mass is 16.4. The molecule has 376 valence electrons. The van der Waals surface area contributed by atoms with Crippen LogP contribution >= 0.6 is 0 Å². The van der Waals surface area contributed by atoms with Crippen LogP contribution in [0.2, 0.25) is 0 Å². The number of allylic oxidation sites excluding steroid dienone is 6. The number of anilines is 2. The third-order valence-electron chi connectivity index (χ3n) is 13.7. The summed E-state index contributed by atoms with van der Waals surface area (Å²) in [5.41, 5.74) is 23.8. The molecule has 73 heavy (non-hydrogen) atoms. The number of aliphatic carboxylic acids is 2. The Balaban J connectivity index is 0.000000214. The summed E-state index contributed by atoms with van der Waals surface area (Å²) in [5, 5.41) is 47.5. The Morgan fingerprint density at radius 2 is 1.38 bits per heavy atom. The van der Waals surface area contributed by atoms with Gasteiger partial charge in [-0.2, -0.15) is 4.58 Å². The first-order valence-corrected chi connectivity index (χ1v) is 24.4. The third-order valence-corrected chi connectivity index (χ3v) is 13.7. The van der Waals surface area contributed by atoms with Gasteiger partial charge in [-0.15, -0.1) is 0 Å². The number of benzene rings is 5. The Hall–Kier alpha value is -8.52. The van der Waals surface area contributed by atoms with Gasteiger partial charge in [0.15, 0.2) is 5.71 Å². The average Bonchev–Trinajstić information content (AvgIpc) is 3.90. The van der Waals surface area contributed by atoms with Crippen LogP contribution in [0.15, 0.2) is 145 Å². The Morgan fingerprint density at radius 3 is 2.07 bits per heavy atom. The molecule has 0 atom stereocenters. The number of aromatic nitrogens is 1. The van der Waals surface area contributed by atoms with Crippen molar-refractivity contribution in [2.24, 2.45) is 11.5 Å². The van der Waals surface area contributed by atoms with Crippen molar-refractivity contribution in [2.75, 3.05) is 23.8 Å². The summed E-state index contributed by atoms with van der Waals surface area (Å²) in [6.45, 7) is 10.0. The van der Waals surface area contributed by atoms with Gasteiger partial charge in [0.2, 0.25) is 11.6 Å². The van der Waals surface area contributed by atoms with Crippen molar-refractivity contribution in [2.45, 2.75) is 83.5 Å². The lowest BCUT2D eigenvalue weighted by molar-refractivity contribution is -0.401. The second-order valence-electron chi connectivity index (χ2n) is 19.4. The lowest BCUT2D eigenvalue weighted by Crippen LogP contribution is -2.27. The number of aromatic amines is 1. The van der Waals surface area contributed by atoms with Crippen molar-refractivity contribution >= 4 is 63.2 Å². The molecule has 3 heterocycles. The number of para-hydroxylation sites is 2. The molecule has 1 aromatic heterocycles. The number of nitrogen functional groups attached to an aromatic ring is 2. The van der Waals surface area contributed by atoms with Crippen LogP contribution in [-0.4, -0.2) is 73.7 Å². The van der Waals surface area contributed by atoms with E-state index in [0.717, 1.165) is 36.8 Å². The molecule has 14 nitrogen and oxygen atoms in total. The van der Waals surface area contributed by atoms with Crippen LogP contribution in [0, 0.1) is 10.8 Å². The molecule has 0 radical (unpaired) electrons. The molecule has 5 aromatic carbocycles. The molecule has 0 aliphatic carbocycles. The summed E-state index contributed by atoms with van der Waals surface area (Å²) < 4.78 is 2.29. The van der Waals surface area contributed by atoms with Gasteiger partial charge in [0.1, 0.15) is 24.5 Å². The van der Waals surface area contributed by atoms with Crippen LogP contribution < -0.4 is 21.7 Å². The maximum atomic E-state index is 12.3. The number of nitrogens with one attached hydrogen (secondary N) is 4. The first kappa shape index (κ1) is 52.3. The molecule has 0 saturated heterocycles. The molecule has 0 bridgehead atoms. The number of nitrogens with two attached hydrogens (primary N) is 2. The molecule has 1 amide bonds. The molecule has 2 aliphatic rings. The van der Waals surface area contributed by atoms with E-state index in [1.165, 1.54) is 40.0 Å². The average molecular weight is 982 g/mol. The van der Waals surface area contributed by atoms with Gasteiger partial charge >= 0.3 is 11.9 Å². The molecule has 0 spiro atoms. The topological polar surface area (TPSA) is 246 Å². The minimum absolute atomic E-state index is 0.0120. The lowest BCUT2D eigenvalue weighted by atomic mass is 9.81. The lowest BCUT2D eigenvalue weighted by Gasteiger charge is -2.27. The van der Waals surface area contributed by atoms with Gasteiger partial charge in [-0.05, 0) is 80.6 Å². The maximum absolute atomic E-state index is 12.3. The molecule has 0 unspecified atom stereocenters. The van der Waals surface area contributed by atoms with E-state index in [-0.39, 0.29) is 59.8 Å². The zero-order valence-corrected chi connectivity index (χ0v) is 42.1. The monoisotopic (exact) mass is 982 g/mol. The van der Waals surface area contributed by atoms with E-state index in [0.29, 0.717) is 39.2 Å². The Bertz CT molecular complexity index is 3230. The van der Waals surface area contributed by atoms with Crippen LogP contribution in [0.3, 0.4) is 0 Å². The van der Waals surface area contributed by atoms with E-state index < -0.39 is 11.9 Å². The van der Waals surface area contributed by atoms with Crippen LogP contribution in [0.25, 0.3) is 33.3 Å². The quantitative estimate of drug-likeness (QED) is 0.00991. The molecule has 14 heteroatoms. The molecular formula is C59H65N8O6+. The van der Waals surface area contributed by atoms with Gasteiger partial charge in [-0.3, -0.25) is 25.2 Å². The number of fused-ring (bicyclic) bond motifs is 3. The van der Waals surface area contributed by atoms with E-state index in [9.17, 15) is 19.5 Å². The van der Waals surface area contributed by atoms with Gasteiger partial charge in [0.25, 0.3) is 0 Å².